The smallest absolute Gasteiger partial charge is 0.255 e. The third-order valence-corrected chi connectivity index (χ3v) is 7.17. The van der Waals surface area contributed by atoms with Gasteiger partial charge in [-0.15, -0.1) is 0 Å². The molecule has 0 saturated carbocycles. The molecule has 0 bridgehead atoms. The summed E-state index contributed by atoms with van der Waals surface area (Å²) in [5, 5.41) is 2.70. The monoisotopic (exact) mass is 444 g/mol. The SMILES string of the molecule is O=C(Nc1cc(Cl)ccc1F)c1ccc(Cl)c(S(=O)(=O)N2CCCCCC2)c1. The molecule has 2 aromatic carbocycles. The molecule has 2 aromatic rings. The molecular weight excluding hydrogens is 426 g/mol. The van der Waals surface area contributed by atoms with Crippen molar-refractivity contribution in [3.8, 4) is 0 Å². The molecule has 0 aliphatic carbocycles. The van der Waals surface area contributed by atoms with Gasteiger partial charge in [0.1, 0.15) is 10.7 Å². The standard InChI is InChI=1S/C19H19Cl2FN2O3S/c20-14-6-8-16(22)17(12-14)23-19(25)13-5-7-15(21)18(11-13)28(26,27)24-9-3-1-2-4-10-24/h5-8,11-12H,1-4,9-10H2,(H,23,25). The zero-order valence-electron chi connectivity index (χ0n) is 14.9. The zero-order valence-corrected chi connectivity index (χ0v) is 17.2. The molecule has 0 aromatic heterocycles. The minimum absolute atomic E-state index is 0.0368. The van der Waals surface area contributed by atoms with Crippen LogP contribution in [0.25, 0.3) is 0 Å². The van der Waals surface area contributed by atoms with Gasteiger partial charge in [0.2, 0.25) is 10.0 Å². The average molecular weight is 445 g/mol. The van der Waals surface area contributed by atoms with E-state index in [9.17, 15) is 17.6 Å². The van der Waals surface area contributed by atoms with Crippen molar-refractivity contribution >= 4 is 44.8 Å². The van der Waals surface area contributed by atoms with Gasteiger partial charge in [0, 0.05) is 23.7 Å². The van der Waals surface area contributed by atoms with Crippen LogP contribution in [0.3, 0.4) is 0 Å². The fraction of sp³-hybridized carbons (Fsp3) is 0.316. The predicted octanol–water partition coefficient (Wildman–Crippen LogP) is 4.95. The number of halogens is 3. The first-order valence-electron chi connectivity index (χ1n) is 8.85. The van der Waals surface area contributed by atoms with Gasteiger partial charge in [0.15, 0.2) is 0 Å². The topological polar surface area (TPSA) is 66.5 Å². The highest BCUT2D eigenvalue weighted by molar-refractivity contribution is 7.89. The summed E-state index contributed by atoms with van der Waals surface area (Å²) in [5.74, 6) is -1.31. The number of hydrogen-bond donors (Lipinski definition) is 1. The molecule has 1 aliphatic heterocycles. The summed E-state index contributed by atoms with van der Waals surface area (Å²) in [4.78, 5) is 12.4. The normalized spacial score (nSPS) is 15.8. The van der Waals surface area contributed by atoms with Crippen molar-refractivity contribution in [2.24, 2.45) is 0 Å². The fourth-order valence-electron chi connectivity index (χ4n) is 3.05. The van der Waals surface area contributed by atoms with E-state index in [-0.39, 0.29) is 26.2 Å². The van der Waals surface area contributed by atoms with Gasteiger partial charge in [0.25, 0.3) is 5.91 Å². The van der Waals surface area contributed by atoms with E-state index < -0.39 is 21.7 Å². The molecule has 28 heavy (non-hydrogen) atoms. The van der Waals surface area contributed by atoms with Crippen LogP contribution in [0.15, 0.2) is 41.3 Å². The van der Waals surface area contributed by atoms with Gasteiger partial charge in [-0.3, -0.25) is 4.79 Å². The highest BCUT2D eigenvalue weighted by Crippen LogP contribution is 2.28. The molecule has 1 fully saturated rings. The number of amides is 1. The second-order valence-electron chi connectivity index (χ2n) is 6.54. The molecule has 0 atom stereocenters. The molecule has 1 saturated heterocycles. The Balaban J connectivity index is 1.90. The number of nitrogens with zero attached hydrogens (tertiary/aromatic N) is 1. The van der Waals surface area contributed by atoms with Crippen molar-refractivity contribution < 1.29 is 17.6 Å². The van der Waals surface area contributed by atoms with Gasteiger partial charge in [0.05, 0.1) is 10.7 Å². The Morgan fingerprint density at radius 3 is 2.36 bits per heavy atom. The van der Waals surface area contributed by atoms with Crippen LogP contribution >= 0.6 is 23.2 Å². The minimum atomic E-state index is -3.83. The lowest BCUT2D eigenvalue weighted by molar-refractivity contribution is 0.102. The minimum Gasteiger partial charge on any atom is -0.319 e. The van der Waals surface area contributed by atoms with Crippen molar-refractivity contribution in [2.45, 2.75) is 30.6 Å². The van der Waals surface area contributed by atoms with Gasteiger partial charge in [-0.25, -0.2) is 12.8 Å². The van der Waals surface area contributed by atoms with Crippen LogP contribution in [0.5, 0.6) is 0 Å². The first kappa shape index (κ1) is 21.0. The van der Waals surface area contributed by atoms with E-state index >= 15 is 0 Å². The Labute approximate surface area is 173 Å². The van der Waals surface area contributed by atoms with Crippen molar-refractivity contribution in [3.63, 3.8) is 0 Å². The van der Waals surface area contributed by atoms with E-state index in [1.165, 1.54) is 34.6 Å². The number of carbonyl (C=O) groups excluding carboxylic acids is 1. The lowest BCUT2D eigenvalue weighted by Crippen LogP contribution is -2.32. The van der Waals surface area contributed by atoms with Gasteiger partial charge >= 0.3 is 0 Å². The van der Waals surface area contributed by atoms with Crippen LogP contribution in [0.4, 0.5) is 10.1 Å². The summed E-state index contributed by atoms with van der Waals surface area (Å²) in [6.45, 7) is 0.839. The summed E-state index contributed by atoms with van der Waals surface area (Å²) < 4.78 is 41.3. The number of rotatable bonds is 4. The van der Waals surface area contributed by atoms with E-state index in [0.29, 0.717) is 13.1 Å². The lowest BCUT2D eigenvalue weighted by atomic mass is 10.2. The molecule has 1 aliphatic rings. The van der Waals surface area contributed by atoms with Crippen LogP contribution in [0.2, 0.25) is 10.0 Å². The average Bonchev–Trinajstić information content (AvgIpc) is 2.95. The molecule has 5 nitrogen and oxygen atoms in total. The van der Waals surface area contributed by atoms with E-state index in [1.54, 1.807) is 0 Å². The van der Waals surface area contributed by atoms with Crippen molar-refractivity contribution in [3.05, 3.63) is 57.8 Å². The second kappa shape index (κ2) is 8.78. The highest BCUT2D eigenvalue weighted by Gasteiger charge is 2.28. The maximum atomic E-state index is 13.9. The van der Waals surface area contributed by atoms with Crippen LogP contribution < -0.4 is 5.32 Å². The second-order valence-corrected chi connectivity index (χ2v) is 9.29. The van der Waals surface area contributed by atoms with Gasteiger partial charge in [-0.2, -0.15) is 4.31 Å². The van der Waals surface area contributed by atoms with Crippen molar-refractivity contribution in [2.75, 3.05) is 18.4 Å². The molecule has 3 rings (SSSR count). The van der Waals surface area contributed by atoms with E-state index in [0.717, 1.165) is 31.7 Å². The lowest BCUT2D eigenvalue weighted by Gasteiger charge is -2.21. The Kier molecular flexibility index (Phi) is 6.60. The summed E-state index contributed by atoms with van der Waals surface area (Å²) in [7, 11) is -3.83. The largest absolute Gasteiger partial charge is 0.319 e. The third kappa shape index (κ3) is 4.66. The molecule has 150 valence electrons. The molecule has 0 spiro atoms. The Bertz CT molecular complexity index is 991. The van der Waals surface area contributed by atoms with E-state index in [1.807, 2.05) is 0 Å². The Morgan fingerprint density at radius 2 is 1.68 bits per heavy atom. The maximum absolute atomic E-state index is 13.9. The predicted molar refractivity (Wildman–Crippen MR) is 108 cm³/mol. The number of nitrogens with one attached hydrogen (secondary N) is 1. The van der Waals surface area contributed by atoms with Crippen molar-refractivity contribution in [1.29, 1.82) is 0 Å². The summed E-state index contributed by atoms with van der Waals surface area (Å²) in [6, 6.07) is 7.74. The van der Waals surface area contributed by atoms with Crippen LogP contribution in [0, 0.1) is 5.82 Å². The first-order chi connectivity index (χ1) is 13.3. The molecule has 1 amide bonds. The van der Waals surface area contributed by atoms with Crippen LogP contribution in [-0.2, 0) is 10.0 Å². The zero-order chi connectivity index (χ0) is 20.3. The fourth-order valence-corrected chi connectivity index (χ4v) is 5.24. The molecular formula is C19H19Cl2FN2O3S. The molecule has 0 unspecified atom stereocenters. The third-order valence-electron chi connectivity index (χ3n) is 4.55. The number of anilines is 1. The quantitative estimate of drug-likeness (QED) is 0.725. The molecule has 9 heteroatoms. The summed E-state index contributed by atoms with van der Waals surface area (Å²) >= 11 is 12.0. The van der Waals surface area contributed by atoms with E-state index in [4.69, 9.17) is 23.2 Å². The number of hydrogen-bond acceptors (Lipinski definition) is 3. The van der Waals surface area contributed by atoms with E-state index in [2.05, 4.69) is 5.32 Å². The van der Waals surface area contributed by atoms with Gasteiger partial charge < -0.3 is 5.32 Å². The maximum Gasteiger partial charge on any atom is 0.255 e. The summed E-state index contributed by atoms with van der Waals surface area (Å²) in [5.41, 5.74) is -0.0402. The number of sulfonamides is 1. The van der Waals surface area contributed by atoms with Crippen LogP contribution in [0.1, 0.15) is 36.0 Å². The summed E-state index contributed by atoms with van der Waals surface area (Å²) in [6.07, 6.45) is 3.52. The first-order valence-corrected chi connectivity index (χ1v) is 11.0. The van der Waals surface area contributed by atoms with Crippen LogP contribution in [-0.4, -0.2) is 31.7 Å². The van der Waals surface area contributed by atoms with Gasteiger partial charge in [-0.1, -0.05) is 36.0 Å². The number of benzene rings is 2. The number of carbonyl (C=O) groups is 1. The molecule has 1 N–H and O–H groups in total. The van der Waals surface area contributed by atoms with Crippen molar-refractivity contribution in [1.82, 2.24) is 4.31 Å². The highest BCUT2D eigenvalue weighted by atomic mass is 35.5. The Morgan fingerprint density at radius 1 is 1.00 bits per heavy atom. The molecule has 0 radical (unpaired) electrons. The van der Waals surface area contributed by atoms with Gasteiger partial charge in [-0.05, 0) is 49.2 Å². The Hall–Kier alpha value is -1.67. The molecule has 1 heterocycles.